The van der Waals surface area contributed by atoms with Crippen molar-refractivity contribution in [1.29, 1.82) is 0 Å². The predicted octanol–water partition coefficient (Wildman–Crippen LogP) is 10.7. The van der Waals surface area contributed by atoms with Crippen molar-refractivity contribution in [3.05, 3.63) is 140 Å². The maximum absolute atomic E-state index is 6.53. The van der Waals surface area contributed by atoms with Crippen LogP contribution in [0.2, 0.25) is 0 Å². The highest BCUT2D eigenvalue weighted by Crippen LogP contribution is 2.41. The quantitative estimate of drug-likeness (QED) is 0.210. The van der Waals surface area contributed by atoms with E-state index in [1.54, 1.807) is 0 Å². The molecule has 0 aliphatic carbocycles. The lowest BCUT2D eigenvalue weighted by molar-refractivity contribution is 0.670. The molecule has 210 valence electrons. The van der Waals surface area contributed by atoms with Crippen LogP contribution in [0.15, 0.2) is 148 Å². The molecule has 45 heavy (non-hydrogen) atoms. The van der Waals surface area contributed by atoms with Crippen molar-refractivity contribution < 1.29 is 8.83 Å². The lowest BCUT2D eigenvalue weighted by atomic mass is 10.1. The summed E-state index contributed by atoms with van der Waals surface area (Å²) in [6.07, 6.45) is 0. The summed E-state index contributed by atoms with van der Waals surface area (Å²) < 4.78 is 15.2. The van der Waals surface area contributed by atoms with E-state index in [1.807, 2.05) is 48.5 Å². The minimum absolute atomic E-state index is 0.645. The molecule has 0 aliphatic rings. The van der Waals surface area contributed by atoms with E-state index >= 15 is 0 Å². The topological polar surface area (TPSA) is 57.0 Å². The van der Waals surface area contributed by atoms with Gasteiger partial charge >= 0.3 is 0 Å². The van der Waals surface area contributed by atoms with E-state index in [1.165, 1.54) is 0 Å². The normalized spacial score (nSPS) is 12.0. The Morgan fingerprint density at radius 1 is 0.467 bits per heavy atom. The molecule has 0 radical (unpaired) electrons. The van der Waals surface area contributed by atoms with Gasteiger partial charge in [-0.3, -0.25) is 4.57 Å². The first-order chi connectivity index (χ1) is 22.3. The molecular weight excluding hydrogens is 554 g/mol. The van der Waals surface area contributed by atoms with Crippen LogP contribution in [-0.2, 0) is 0 Å². The molecule has 0 N–H and O–H groups in total. The van der Waals surface area contributed by atoms with Crippen molar-refractivity contribution in [2.24, 2.45) is 0 Å². The molecule has 5 nitrogen and oxygen atoms in total. The fourth-order valence-electron chi connectivity index (χ4n) is 6.83. The van der Waals surface area contributed by atoms with Gasteiger partial charge in [-0.25, -0.2) is 9.97 Å². The molecule has 10 rings (SSSR count). The summed E-state index contributed by atoms with van der Waals surface area (Å²) >= 11 is 0. The third-order valence-corrected chi connectivity index (χ3v) is 8.83. The first-order valence-corrected chi connectivity index (χ1v) is 15.0. The third kappa shape index (κ3) is 3.49. The molecule has 0 bridgehead atoms. The Kier molecular flexibility index (Phi) is 4.93. The van der Waals surface area contributed by atoms with Crippen LogP contribution < -0.4 is 0 Å². The molecule has 5 heteroatoms. The van der Waals surface area contributed by atoms with Gasteiger partial charge in [0.25, 0.3) is 0 Å². The van der Waals surface area contributed by atoms with Crippen LogP contribution in [0, 0.1) is 0 Å². The van der Waals surface area contributed by atoms with E-state index in [2.05, 4.69) is 95.6 Å². The number of hydrogen-bond donors (Lipinski definition) is 0. The van der Waals surface area contributed by atoms with Crippen LogP contribution >= 0.6 is 0 Å². The van der Waals surface area contributed by atoms with Crippen LogP contribution in [0.3, 0.4) is 0 Å². The van der Waals surface area contributed by atoms with Crippen molar-refractivity contribution in [3.63, 3.8) is 0 Å². The summed E-state index contributed by atoms with van der Waals surface area (Å²) in [4.78, 5) is 10.3. The van der Waals surface area contributed by atoms with Crippen molar-refractivity contribution in [2.45, 2.75) is 0 Å². The molecule has 0 aliphatic heterocycles. The van der Waals surface area contributed by atoms with Gasteiger partial charge in [-0.15, -0.1) is 0 Å². The Labute approximate surface area is 256 Å². The van der Waals surface area contributed by atoms with E-state index in [9.17, 15) is 0 Å². The van der Waals surface area contributed by atoms with E-state index in [0.29, 0.717) is 5.82 Å². The zero-order valence-electron chi connectivity index (χ0n) is 23.9. The molecular formula is C40H23N3O2. The van der Waals surface area contributed by atoms with Crippen molar-refractivity contribution in [1.82, 2.24) is 14.5 Å². The summed E-state index contributed by atoms with van der Waals surface area (Å²) in [6, 6.07) is 47.7. The number of fused-ring (bicyclic) bond motifs is 10. The Morgan fingerprint density at radius 2 is 1.11 bits per heavy atom. The largest absolute Gasteiger partial charge is 0.455 e. The van der Waals surface area contributed by atoms with Gasteiger partial charge in [0.15, 0.2) is 5.82 Å². The molecule has 0 saturated heterocycles. The monoisotopic (exact) mass is 577 g/mol. The number of aromatic nitrogens is 3. The minimum atomic E-state index is 0.645. The fourth-order valence-corrected chi connectivity index (χ4v) is 6.83. The molecule has 4 heterocycles. The van der Waals surface area contributed by atoms with Gasteiger partial charge in [0.1, 0.15) is 28.1 Å². The lowest BCUT2D eigenvalue weighted by Crippen LogP contribution is -2.02. The zero-order valence-corrected chi connectivity index (χ0v) is 23.9. The maximum Gasteiger partial charge on any atom is 0.162 e. The van der Waals surface area contributed by atoms with Gasteiger partial charge in [-0.1, -0.05) is 97.1 Å². The molecule has 10 aromatic rings. The van der Waals surface area contributed by atoms with Gasteiger partial charge in [0, 0.05) is 44.1 Å². The zero-order chi connectivity index (χ0) is 29.5. The number of benzene rings is 6. The van der Waals surface area contributed by atoms with Crippen LogP contribution in [-0.4, -0.2) is 14.5 Å². The fraction of sp³-hybridized carbons (Fsp3) is 0. The van der Waals surface area contributed by atoms with Gasteiger partial charge in [-0.05, 0) is 36.4 Å². The van der Waals surface area contributed by atoms with Crippen LogP contribution in [0.25, 0.3) is 94.1 Å². The van der Waals surface area contributed by atoms with Crippen LogP contribution in [0.5, 0.6) is 0 Å². The maximum atomic E-state index is 6.53. The molecule has 0 unspecified atom stereocenters. The minimum Gasteiger partial charge on any atom is -0.455 e. The number of para-hydroxylation sites is 4. The van der Waals surface area contributed by atoms with E-state index in [4.69, 9.17) is 18.8 Å². The lowest BCUT2D eigenvalue weighted by Gasteiger charge is -2.12. The molecule has 0 fully saturated rings. The Morgan fingerprint density at radius 3 is 1.91 bits per heavy atom. The molecule has 0 atom stereocenters. The molecule has 0 saturated carbocycles. The summed E-state index contributed by atoms with van der Waals surface area (Å²) in [6.45, 7) is 0. The van der Waals surface area contributed by atoms with Gasteiger partial charge in [0.05, 0.1) is 22.1 Å². The average molecular weight is 578 g/mol. The highest BCUT2D eigenvalue weighted by Gasteiger charge is 2.21. The van der Waals surface area contributed by atoms with Crippen LogP contribution in [0.1, 0.15) is 0 Å². The summed E-state index contributed by atoms with van der Waals surface area (Å²) in [5, 5.41) is 6.54. The number of furan rings is 2. The predicted molar refractivity (Wildman–Crippen MR) is 182 cm³/mol. The number of nitrogens with zero attached hydrogens (tertiary/aromatic N) is 3. The average Bonchev–Trinajstić information content (AvgIpc) is 3.78. The van der Waals surface area contributed by atoms with Crippen molar-refractivity contribution >= 4 is 65.7 Å². The van der Waals surface area contributed by atoms with E-state index < -0.39 is 0 Å². The van der Waals surface area contributed by atoms with E-state index in [-0.39, 0.29) is 0 Å². The number of rotatable bonds is 3. The molecule has 0 amide bonds. The Balaban J connectivity index is 1.31. The van der Waals surface area contributed by atoms with Gasteiger partial charge < -0.3 is 8.83 Å². The second-order valence-corrected chi connectivity index (χ2v) is 11.4. The Bertz CT molecular complexity index is 2770. The first kappa shape index (κ1) is 24.3. The summed E-state index contributed by atoms with van der Waals surface area (Å²) in [7, 11) is 0. The first-order valence-electron chi connectivity index (χ1n) is 15.0. The van der Waals surface area contributed by atoms with Crippen molar-refractivity contribution in [2.75, 3.05) is 0 Å². The third-order valence-electron chi connectivity index (χ3n) is 8.83. The summed E-state index contributed by atoms with van der Waals surface area (Å²) in [5.74, 6) is 1.42. The highest BCUT2D eigenvalue weighted by atomic mass is 16.3. The SMILES string of the molecule is c1ccc(-c2nc(-c3cccc4c3oc3ccccc34)cc(-n3c4ccccc4c4c5oc6ccccc6c5ccc43)n2)cc1. The van der Waals surface area contributed by atoms with Crippen molar-refractivity contribution in [3.8, 4) is 28.5 Å². The molecule has 4 aromatic heterocycles. The van der Waals surface area contributed by atoms with Gasteiger partial charge in [0.2, 0.25) is 0 Å². The van der Waals surface area contributed by atoms with Gasteiger partial charge in [-0.2, -0.15) is 0 Å². The Hall–Kier alpha value is -6.20. The smallest absolute Gasteiger partial charge is 0.162 e. The van der Waals surface area contributed by atoms with Crippen LogP contribution in [0.4, 0.5) is 0 Å². The van der Waals surface area contributed by atoms with E-state index in [0.717, 1.165) is 88.3 Å². The second-order valence-electron chi connectivity index (χ2n) is 11.4. The highest BCUT2D eigenvalue weighted by molar-refractivity contribution is 6.23. The second kappa shape index (κ2) is 9.15. The molecule has 0 spiro atoms. The molecule has 6 aromatic carbocycles. The standard InChI is InChI=1S/C40H23N3O2/c1-2-11-24(12-3-1)40-41-31(29-17-10-16-27-25-13-5-8-19-34(25)44-38(27)29)23-36(42-40)43-32-18-7-4-15-30(32)37-33(43)22-21-28-26-14-6-9-20-35(26)45-39(28)37/h1-23H. The summed E-state index contributed by atoms with van der Waals surface area (Å²) in [5.41, 5.74) is 8.16. The number of hydrogen-bond acceptors (Lipinski definition) is 4.